The summed E-state index contributed by atoms with van der Waals surface area (Å²) in [4.78, 5) is 33.1. The number of rotatable bonds is 6. The molecule has 1 atom stereocenters. The van der Waals surface area contributed by atoms with Gasteiger partial charge in [0.1, 0.15) is 17.5 Å². The number of aliphatic hydroxyl groups excluding tert-OH is 1. The average molecular weight is 452 g/mol. The number of pyridine rings is 1. The Morgan fingerprint density at radius 2 is 1.94 bits per heavy atom. The van der Waals surface area contributed by atoms with Crippen molar-refractivity contribution >= 4 is 45.4 Å². The minimum absolute atomic E-state index is 0.206. The van der Waals surface area contributed by atoms with Gasteiger partial charge in [-0.3, -0.25) is 14.7 Å². The third kappa shape index (κ3) is 4.29. The van der Waals surface area contributed by atoms with Crippen molar-refractivity contribution in [1.82, 2.24) is 20.2 Å². The fourth-order valence-electron chi connectivity index (χ4n) is 3.07. The molecule has 1 aromatic carbocycles. The minimum Gasteiger partial charge on any atom is -0.480 e. The summed E-state index contributed by atoms with van der Waals surface area (Å²) >= 11 is 1.40. The maximum Gasteiger partial charge on any atom is 0.275 e. The zero-order valence-corrected chi connectivity index (χ0v) is 18.3. The number of aryl methyl sites for hydroxylation is 1. The van der Waals surface area contributed by atoms with E-state index in [1.54, 1.807) is 29.9 Å². The van der Waals surface area contributed by atoms with E-state index in [0.29, 0.717) is 33.7 Å². The highest BCUT2D eigenvalue weighted by Gasteiger charge is 2.17. The number of anilines is 2. The van der Waals surface area contributed by atoms with Crippen LogP contribution in [0.25, 0.3) is 22.0 Å². The summed E-state index contributed by atoms with van der Waals surface area (Å²) in [5.74, 6) is -0.706. The summed E-state index contributed by atoms with van der Waals surface area (Å²) in [6.45, 7) is 3.20. The Balaban J connectivity index is 1.73. The molecule has 0 aliphatic rings. The maximum atomic E-state index is 12.7. The van der Waals surface area contributed by atoms with Gasteiger partial charge in [0.25, 0.3) is 11.8 Å². The molecule has 0 aliphatic carbocycles. The lowest BCUT2D eigenvalue weighted by Crippen LogP contribution is -2.24. The van der Waals surface area contributed by atoms with Crippen molar-refractivity contribution in [2.75, 3.05) is 17.7 Å². The molecule has 4 rings (SSSR count). The highest BCUT2D eigenvalue weighted by atomic mass is 32.1. The number of nitrogens with one attached hydrogen (secondary N) is 3. The van der Waals surface area contributed by atoms with Crippen LogP contribution in [0.3, 0.4) is 0 Å². The van der Waals surface area contributed by atoms with E-state index in [2.05, 4.69) is 30.8 Å². The van der Waals surface area contributed by atoms with E-state index in [4.69, 9.17) is 4.74 Å². The topological polar surface area (TPSA) is 142 Å². The first-order valence-corrected chi connectivity index (χ1v) is 10.5. The Bertz CT molecular complexity index is 1310. The van der Waals surface area contributed by atoms with Crippen LogP contribution in [0.2, 0.25) is 0 Å². The summed E-state index contributed by atoms with van der Waals surface area (Å²) in [6.07, 6.45) is 2.02. The van der Waals surface area contributed by atoms with Crippen molar-refractivity contribution < 1.29 is 19.4 Å². The molecule has 4 N–H and O–H groups in total. The summed E-state index contributed by atoms with van der Waals surface area (Å²) in [7, 11) is 1.44. The number of methoxy groups -OCH3 is 1. The van der Waals surface area contributed by atoms with Crippen LogP contribution in [0, 0.1) is 6.92 Å². The number of thiazole rings is 1. The molecule has 0 fully saturated rings. The maximum absolute atomic E-state index is 12.7. The first kappa shape index (κ1) is 21.4. The number of amides is 2. The molecule has 1 unspecified atom stereocenters. The van der Waals surface area contributed by atoms with Crippen LogP contribution < -0.4 is 15.4 Å². The Morgan fingerprint density at radius 3 is 2.62 bits per heavy atom. The normalized spacial score (nSPS) is 11.9. The van der Waals surface area contributed by atoms with Gasteiger partial charge in [-0.25, -0.2) is 9.97 Å². The van der Waals surface area contributed by atoms with Gasteiger partial charge >= 0.3 is 0 Å². The molecule has 0 aliphatic heterocycles. The van der Waals surface area contributed by atoms with E-state index in [0.717, 1.165) is 10.4 Å². The molecule has 164 valence electrons. The van der Waals surface area contributed by atoms with E-state index in [1.165, 1.54) is 25.4 Å². The third-order valence-electron chi connectivity index (χ3n) is 4.67. The predicted octanol–water partition coefficient (Wildman–Crippen LogP) is 2.97. The van der Waals surface area contributed by atoms with Crippen LogP contribution in [-0.2, 0) is 4.79 Å². The Labute approximate surface area is 186 Å². The van der Waals surface area contributed by atoms with Gasteiger partial charge in [-0.2, -0.15) is 5.10 Å². The molecule has 0 spiro atoms. The van der Waals surface area contributed by atoms with E-state index in [9.17, 15) is 14.7 Å². The fraction of sp³-hybridized carbons (Fsp3) is 0.190. The molecule has 0 saturated heterocycles. The second-order valence-corrected chi connectivity index (χ2v) is 8.07. The van der Waals surface area contributed by atoms with Crippen LogP contribution in [0.4, 0.5) is 11.4 Å². The Hall–Kier alpha value is -3.83. The van der Waals surface area contributed by atoms with Gasteiger partial charge in [0.15, 0.2) is 0 Å². The smallest absolute Gasteiger partial charge is 0.275 e. The summed E-state index contributed by atoms with van der Waals surface area (Å²) in [5, 5.41) is 25.2. The van der Waals surface area contributed by atoms with Crippen molar-refractivity contribution in [2.45, 2.75) is 20.0 Å². The van der Waals surface area contributed by atoms with Crippen molar-refractivity contribution in [2.24, 2.45) is 0 Å². The second-order valence-electron chi connectivity index (χ2n) is 7.01. The van der Waals surface area contributed by atoms with Gasteiger partial charge in [-0.1, -0.05) is 0 Å². The SMILES string of the molecule is COc1ncc(-c2cc(NC(=O)c3csc(C)n3)c3cn[nH]c3c2)cc1NC(=O)C(C)O. The largest absolute Gasteiger partial charge is 0.480 e. The monoisotopic (exact) mass is 452 g/mol. The Morgan fingerprint density at radius 1 is 1.16 bits per heavy atom. The first-order valence-electron chi connectivity index (χ1n) is 9.59. The Kier molecular flexibility index (Phi) is 5.84. The van der Waals surface area contributed by atoms with Gasteiger partial charge in [0.2, 0.25) is 5.88 Å². The number of aromatic nitrogens is 4. The van der Waals surface area contributed by atoms with Crippen molar-refractivity contribution in [3.63, 3.8) is 0 Å². The zero-order valence-electron chi connectivity index (χ0n) is 17.5. The van der Waals surface area contributed by atoms with Gasteiger partial charge in [0, 0.05) is 22.5 Å². The van der Waals surface area contributed by atoms with E-state index < -0.39 is 12.0 Å². The highest BCUT2D eigenvalue weighted by Crippen LogP contribution is 2.33. The molecule has 4 aromatic rings. The molecule has 10 nitrogen and oxygen atoms in total. The van der Waals surface area contributed by atoms with E-state index >= 15 is 0 Å². The molecule has 2 amide bonds. The van der Waals surface area contributed by atoms with E-state index in [1.807, 2.05) is 13.0 Å². The quantitative estimate of drug-likeness (QED) is 0.352. The summed E-state index contributed by atoms with van der Waals surface area (Å²) < 4.78 is 5.22. The van der Waals surface area contributed by atoms with Gasteiger partial charge in [-0.15, -0.1) is 11.3 Å². The minimum atomic E-state index is -1.19. The molecule has 0 saturated carbocycles. The van der Waals surface area contributed by atoms with Gasteiger partial charge in [-0.05, 0) is 37.6 Å². The number of carbonyl (C=O) groups excluding carboxylic acids is 2. The number of hydrogen-bond donors (Lipinski definition) is 4. The number of fused-ring (bicyclic) bond motifs is 1. The molecular weight excluding hydrogens is 432 g/mol. The number of hydrogen-bond acceptors (Lipinski definition) is 8. The molecule has 3 aromatic heterocycles. The van der Waals surface area contributed by atoms with Crippen molar-refractivity contribution in [3.8, 4) is 17.0 Å². The number of aliphatic hydroxyl groups is 1. The number of H-pyrrole nitrogens is 1. The van der Waals surface area contributed by atoms with Gasteiger partial charge in [0.05, 0.1) is 29.5 Å². The van der Waals surface area contributed by atoms with Gasteiger partial charge < -0.3 is 20.5 Å². The number of ether oxygens (including phenoxy) is 1. The number of carbonyl (C=O) groups is 2. The summed E-state index contributed by atoms with van der Waals surface area (Å²) in [5.41, 5.74) is 3.27. The van der Waals surface area contributed by atoms with Crippen molar-refractivity contribution in [1.29, 1.82) is 0 Å². The van der Waals surface area contributed by atoms with Crippen molar-refractivity contribution in [3.05, 3.63) is 46.7 Å². The van der Waals surface area contributed by atoms with Crippen LogP contribution in [0.5, 0.6) is 5.88 Å². The fourth-order valence-corrected chi connectivity index (χ4v) is 3.67. The second kappa shape index (κ2) is 8.73. The molecule has 0 bridgehead atoms. The van der Waals surface area contributed by atoms with Crippen LogP contribution in [-0.4, -0.2) is 50.3 Å². The molecular formula is C21H20N6O4S. The van der Waals surface area contributed by atoms with Crippen LogP contribution in [0.1, 0.15) is 22.4 Å². The first-order chi connectivity index (χ1) is 15.4. The lowest BCUT2D eigenvalue weighted by atomic mass is 10.0. The van der Waals surface area contributed by atoms with Crippen LogP contribution in [0.15, 0.2) is 36.0 Å². The molecule has 32 heavy (non-hydrogen) atoms. The molecule has 0 radical (unpaired) electrons. The number of aromatic amines is 1. The number of benzene rings is 1. The zero-order chi connectivity index (χ0) is 22.8. The lowest BCUT2D eigenvalue weighted by Gasteiger charge is -2.13. The number of nitrogens with zero attached hydrogens (tertiary/aromatic N) is 3. The highest BCUT2D eigenvalue weighted by molar-refractivity contribution is 7.09. The average Bonchev–Trinajstić information content (AvgIpc) is 3.42. The standard InChI is InChI=1S/C21H20N6O4S/c1-10(28)19(29)26-17-6-13(7-22-21(17)31-3)12-4-15(14-8-23-27-16(14)5-12)25-20(30)18-9-32-11(2)24-18/h4-10,28H,1-3H3,(H,23,27)(H,25,30)(H,26,29). The summed E-state index contributed by atoms with van der Waals surface area (Å²) in [6, 6.07) is 5.33. The van der Waals surface area contributed by atoms with E-state index in [-0.39, 0.29) is 11.8 Å². The molecule has 3 heterocycles. The lowest BCUT2D eigenvalue weighted by molar-refractivity contribution is -0.123. The third-order valence-corrected chi connectivity index (χ3v) is 5.45. The van der Waals surface area contributed by atoms with Crippen LogP contribution >= 0.6 is 11.3 Å². The predicted molar refractivity (Wildman–Crippen MR) is 121 cm³/mol. The molecule has 11 heteroatoms.